The number of carboxylic acids is 1. The molecule has 2 rings (SSSR count). The predicted octanol–water partition coefficient (Wildman–Crippen LogP) is 2.43. The van der Waals surface area contributed by atoms with Crippen molar-refractivity contribution in [3.63, 3.8) is 0 Å². The average Bonchev–Trinajstić information content (AvgIpc) is 3.28. The molecule has 0 bridgehead atoms. The summed E-state index contributed by atoms with van der Waals surface area (Å²) in [6.45, 7) is 3.80. The molecule has 0 spiro atoms. The van der Waals surface area contributed by atoms with Crippen molar-refractivity contribution in [3.05, 3.63) is 42.0 Å². The van der Waals surface area contributed by atoms with E-state index in [1.165, 1.54) is 0 Å². The zero-order valence-electron chi connectivity index (χ0n) is 13.8. The second-order valence-corrected chi connectivity index (χ2v) is 6.06. The Kier molecular flexibility index (Phi) is 5.73. The lowest BCUT2D eigenvalue weighted by Gasteiger charge is -2.13. The summed E-state index contributed by atoms with van der Waals surface area (Å²) < 4.78 is 0. The first-order chi connectivity index (χ1) is 11.4. The Morgan fingerprint density at radius 3 is 2.67 bits per heavy atom. The van der Waals surface area contributed by atoms with Crippen LogP contribution in [0, 0.1) is 11.8 Å². The summed E-state index contributed by atoms with van der Waals surface area (Å²) in [4.78, 5) is 35.4. The van der Waals surface area contributed by atoms with E-state index in [0.717, 1.165) is 6.42 Å². The van der Waals surface area contributed by atoms with Crippen molar-refractivity contribution >= 4 is 23.5 Å². The first kappa shape index (κ1) is 17.7. The number of benzene rings is 1. The maximum absolute atomic E-state index is 12.2. The molecule has 3 unspecified atom stereocenters. The summed E-state index contributed by atoms with van der Waals surface area (Å²) in [5.74, 6) is -1.17. The molecular formula is C18H22N2O4. The molecule has 128 valence electrons. The Bertz CT molecular complexity index is 669. The van der Waals surface area contributed by atoms with E-state index < -0.39 is 17.9 Å². The van der Waals surface area contributed by atoms with Gasteiger partial charge in [0.25, 0.3) is 5.91 Å². The van der Waals surface area contributed by atoms with Crippen LogP contribution in [0.2, 0.25) is 0 Å². The van der Waals surface area contributed by atoms with E-state index >= 15 is 0 Å². The quantitative estimate of drug-likeness (QED) is 0.669. The lowest BCUT2D eigenvalue weighted by Crippen LogP contribution is -2.40. The number of rotatable bonds is 7. The first-order valence-corrected chi connectivity index (χ1v) is 7.98. The number of anilines is 1. The molecule has 0 aliphatic heterocycles. The molecule has 2 amide bonds. The fourth-order valence-electron chi connectivity index (χ4n) is 2.40. The van der Waals surface area contributed by atoms with Crippen LogP contribution in [-0.4, -0.2) is 28.9 Å². The van der Waals surface area contributed by atoms with Gasteiger partial charge in [-0.1, -0.05) is 25.1 Å². The number of nitrogens with one attached hydrogen (secondary N) is 2. The maximum Gasteiger partial charge on any atom is 0.326 e. The van der Waals surface area contributed by atoms with Crippen LogP contribution in [0.15, 0.2) is 36.4 Å². The molecule has 0 saturated heterocycles. The highest BCUT2D eigenvalue weighted by molar-refractivity contribution is 5.99. The second kappa shape index (κ2) is 7.77. The average molecular weight is 330 g/mol. The van der Waals surface area contributed by atoms with Gasteiger partial charge in [-0.2, -0.15) is 0 Å². The molecule has 24 heavy (non-hydrogen) atoms. The minimum atomic E-state index is -1.09. The largest absolute Gasteiger partial charge is 0.480 e. The number of aliphatic carboxylic acids is 1. The minimum Gasteiger partial charge on any atom is -0.480 e. The smallest absolute Gasteiger partial charge is 0.326 e. The number of carbonyl (C=O) groups is 3. The summed E-state index contributed by atoms with van der Waals surface area (Å²) in [5.41, 5.74) is 0.843. The highest BCUT2D eigenvalue weighted by Gasteiger charge is 2.39. The highest BCUT2D eigenvalue weighted by Crippen LogP contribution is 2.38. The normalized spacial score (nSPS) is 20.4. The standard InChI is InChI=1S/C18H22N2O4/c1-3-4-8-15(18(23)24)20-16(21)12-6-5-7-13(10-12)19-17(22)14-9-11(14)2/h3-7,10-11,14-15H,8-9H2,1-2H3,(H,19,22)(H,20,21)(H,23,24)/b4-3+. The van der Waals surface area contributed by atoms with Gasteiger partial charge in [-0.3, -0.25) is 9.59 Å². The van der Waals surface area contributed by atoms with Crippen LogP contribution in [0.25, 0.3) is 0 Å². The molecule has 1 saturated carbocycles. The number of hydrogen-bond donors (Lipinski definition) is 3. The highest BCUT2D eigenvalue weighted by atomic mass is 16.4. The number of carbonyl (C=O) groups excluding carboxylic acids is 2. The lowest BCUT2D eigenvalue weighted by molar-refractivity contribution is -0.139. The third-order valence-electron chi connectivity index (χ3n) is 4.05. The van der Waals surface area contributed by atoms with E-state index in [4.69, 9.17) is 5.11 Å². The van der Waals surface area contributed by atoms with E-state index in [1.54, 1.807) is 43.3 Å². The van der Waals surface area contributed by atoms with Crippen molar-refractivity contribution in [2.45, 2.75) is 32.7 Å². The molecule has 1 aromatic carbocycles. The molecular weight excluding hydrogens is 308 g/mol. The van der Waals surface area contributed by atoms with Gasteiger partial charge in [0.15, 0.2) is 0 Å². The molecule has 1 aromatic rings. The second-order valence-electron chi connectivity index (χ2n) is 6.06. The van der Waals surface area contributed by atoms with Gasteiger partial charge in [0.2, 0.25) is 5.91 Å². The molecule has 1 fully saturated rings. The molecule has 3 atom stereocenters. The van der Waals surface area contributed by atoms with Crippen LogP contribution in [0.1, 0.15) is 37.0 Å². The summed E-state index contributed by atoms with van der Waals surface area (Å²) in [6.07, 6.45) is 4.52. The van der Waals surface area contributed by atoms with Gasteiger partial charge in [-0.25, -0.2) is 4.79 Å². The van der Waals surface area contributed by atoms with Crippen LogP contribution in [-0.2, 0) is 9.59 Å². The van der Waals surface area contributed by atoms with Gasteiger partial charge >= 0.3 is 5.97 Å². The lowest BCUT2D eigenvalue weighted by atomic mass is 10.1. The molecule has 0 aromatic heterocycles. The fraction of sp³-hybridized carbons (Fsp3) is 0.389. The topological polar surface area (TPSA) is 95.5 Å². The summed E-state index contributed by atoms with van der Waals surface area (Å²) >= 11 is 0. The van der Waals surface area contributed by atoms with Gasteiger partial charge in [0, 0.05) is 17.2 Å². The van der Waals surface area contributed by atoms with Crippen LogP contribution in [0.4, 0.5) is 5.69 Å². The molecule has 0 heterocycles. The summed E-state index contributed by atoms with van der Waals surface area (Å²) in [7, 11) is 0. The van der Waals surface area contributed by atoms with Gasteiger partial charge in [0.05, 0.1) is 0 Å². The van der Waals surface area contributed by atoms with Crippen LogP contribution in [0.3, 0.4) is 0 Å². The summed E-state index contributed by atoms with van der Waals surface area (Å²) in [6, 6.07) is 5.51. The van der Waals surface area contributed by atoms with E-state index in [0.29, 0.717) is 17.2 Å². The van der Waals surface area contributed by atoms with E-state index in [1.807, 2.05) is 6.92 Å². The van der Waals surface area contributed by atoms with Crippen LogP contribution in [0.5, 0.6) is 0 Å². The monoisotopic (exact) mass is 330 g/mol. The minimum absolute atomic E-state index is 0.0414. The van der Waals surface area contributed by atoms with Crippen molar-refractivity contribution in [2.24, 2.45) is 11.8 Å². The third kappa shape index (κ3) is 4.68. The van der Waals surface area contributed by atoms with Crippen molar-refractivity contribution in [2.75, 3.05) is 5.32 Å². The molecule has 3 N–H and O–H groups in total. The molecule has 1 aliphatic carbocycles. The molecule has 6 heteroatoms. The zero-order valence-corrected chi connectivity index (χ0v) is 13.8. The fourth-order valence-corrected chi connectivity index (χ4v) is 2.40. The van der Waals surface area contributed by atoms with Gasteiger partial charge < -0.3 is 15.7 Å². The van der Waals surface area contributed by atoms with Gasteiger partial charge in [-0.15, -0.1) is 0 Å². The molecule has 0 radical (unpaired) electrons. The van der Waals surface area contributed by atoms with Crippen LogP contribution >= 0.6 is 0 Å². The zero-order chi connectivity index (χ0) is 17.7. The Hall–Kier alpha value is -2.63. The SMILES string of the molecule is C/C=C/CC(NC(=O)c1cccc(NC(=O)C2CC2C)c1)C(=O)O. The van der Waals surface area contributed by atoms with Crippen molar-refractivity contribution < 1.29 is 19.5 Å². The molecule has 1 aliphatic rings. The van der Waals surface area contributed by atoms with E-state index in [2.05, 4.69) is 10.6 Å². The Morgan fingerprint density at radius 1 is 1.38 bits per heavy atom. The Balaban J connectivity index is 2.02. The van der Waals surface area contributed by atoms with Crippen molar-refractivity contribution in [3.8, 4) is 0 Å². The third-order valence-corrected chi connectivity index (χ3v) is 4.05. The van der Waals surface area contributed by atoms with Gasteiger partial charge in [-0.05, 0) is 43.9 Å². The number of allylic oxidation sites excluding steroid dienone is 1. The van der Waals surface area contributed by atoms with E-state index in [9.17, 15) is 14.4 Å². The van der Waals surface area contributed by atoms with Crippen molar-refractivity contribution in [1.29, 1.82) is 0 Å². The van der Waals surface area contributed by atoms with Crippen molar-refractivity contribution in [1.82, 2.24) is 5.32 Å². The number of hydrogen-bond acceptors (Lipinski definition) is 3. The summed E-state index contributed by atoms with van der Waals surface area (Å²) in [5, 5.41) is 14.4. The first-order valence-electron chi connectivity index (χ1n) is 7.98. The Morgan fingerprint density at radius 2 is 2.08 bits per heavy atom. The number of amides is 2. The maximum atomic E-state index is 12.2. The van der Waals surface area contributed by atoms with E-state index in [-0.39, 0.29) is 18.2 Å². The molecule has 6 nitrogen and oxygen atoms in total. The predicted molar refractivity (Wildman–Crippen MR) is 90.7 cm³/mol. The number of carboxylic acid groups (broad SMARTS) is 1. The van der Waals surface area contributed by atoms with Gasteiger partial charge in [0.1, 0.15) is 6.04 Å². The van der Waals surface area contributed by atoms with Crippen LogP contribution < -0.4 is 10.6 Å². The Labute approximate surface area is 140 Å².